The summed E-state index contributed by atoms with van der Waals surface area (Å²) in [5.41, 5.74) is 8.34. The standard InChI is InChI=1S/C24H17NO2/c1-25-22(26)20-19-15-10-4-6-12-17(15)24(21(20)23(25)27,14-8-2-3-9-14)18-13-7-5-11-16(18)19/h2-8,10-13,19-21H,1H3. The zero-order valence-corrected chi connectivity index (χ0v) is 14.8. The van der Waals surface area contributed by atoms with Crippen LogP contribution in [0, 0.1) is 11.8 Å². The van der Waals surface area contributed by atoms with Gasteiger partial charge >= 0.3 is 0 Å². The lowest BCUT2D eigenvalue weighted by molar-refractivity contribution is -0.138. The molecule has 2 atom stereocenters. The first-order chi connectivity index (χ1) is 13.2. The molecular formula is C24H17NO2. The molecule has 0 radical (unpaired) electrons. The van der Waals surface area contributed by atoms with Crippen LogP contribution in [0.3, 0.4) is 0 Å². The topological polar surface area (TPSA) is 37.4 Å². The van der Waals surface area contributed by atoms with Crippen molar-refractivity contribution in [3.63, 3.8) is 0 Å². The molecule has 3 nitrogen and oxygen atoms in total. The van der Waals surface area contributed by atoms with E-state index in [2.05, 4.69) is 30.0 Å². The summed E-state index contributed by atoms with van der Waals surface area (Å²) < 4.78 is 0. The number of imide groups is 1. The molecule has 2 unspecified atom stereocenters. The van der Waals surface area contributed by atoms with Gasteiger partial charge in [0.2, 0.25) is 11.8 Å². The molecule has 2 aromatic rings. The van der Waals surface area contributed by atoms with Crippen molar-refractivity contribution < 1.29 is 9.59 Å². The molecule has 0 aromatic heterocycles. The molecule has 1 saturated heterocycles. The molecule has 130 valence electrons. The van der Waals surface area contributed by atoms with Gasteiger partial charge in [-0.05, 0) is 34.4 Å². The molecule has 2 amide bonds. The van der Waals surface area contributed by atoms with Crippen LogP contribution < -0.4 is 0 Å². The maximum absolute atomic E-state index is 13.4. The van der Waals surface area contributed by atoms with Gasteiger partial charge in [0.25, 0.3) is 0 Å². The van der Waals surface area contributed by atoms with Crippen LogP contribution in [-0.4, -0.2) is 23.8 Å². The summed E-state index contributed by atoms with van der Waals surface area (Å²) in [6.07, 6.45) is 5.91. The largest absolute Gasteiger partial charge is 0.285 e. The van der Waals surface area contributed by atoms with Crippen LogP contribution in [-0.2, 0) is 15.0 Å². The Hall–Kier alpha value is -3.16. The predicted molar refractivity (Wildman–Crippen MR) is 101 cm³/mol. The smallest absolute Gasteiger partial charge is 0.234 e. The summed E-state index contributed by atoms with van der Waals surface area (Å²) in [5.74, 6) is -0.969. The van der Waals surface area contributed by atoms with E-state index < -0.39 is 11.3 Å². The summed E-state index contributed by atoms with van der Waals surface area (Å²) in [4.78, 5) is 27.9. The summed E-state index contributed by atoms with van der Waals surface area (Å²) in [6.45, 7) is 0. The molecule has 0 N–H and O–H groups in total. The number of benzene rings is 2. The summed E-state index contributed by atoms with van der Waals surface area (Å²) in [7, 11) is 1.63. The van der Waals surface area contributed by atoms with E-state index in [4.69, 9.17) is 0 Å². The molecule has 2 aromatic carbocycles. The molecule has 2 bridgehead atoms. The molecule has 27 heavy (non-hydrogen) atoms. The van der Waals surface area contributed by atoms with Crippen LogP contribution in [0.5, 0.6) is 0 Å². The number of carbonyl (C=O) groups is 2. The molecular weight excluding hydrogens is 334 g/mol. The van der Waals surface area contributed by atoms with Crippen LogP contribution in [0.15, 0.2) is 78.1 Å². The van der Waals surface area contributed by atoms with Crippen molar-refractivity contribution in [3.05, 3.63) is 100 Å². The van der Waals surface area contributed by atoms with E-state index in [0.717, 1.165) is 16.7 Å². The average molecular weight is 351 g/mol. The molecule has 1 aliphatic heterocycles. The Kier molecular flexibility index (Phi) is 2.64. The van der Waals surface area contributed by atoms with E-state index in [0.29, 0.717) is 0 Å². The second-order valence-electron chi connectivity index (χ2n) is 7.78. The van der Waals surface area contributed by atoms with Crippen LogP contribution in [0.25, 0.3) is 0 Å². The number of hydrogen-bond donors (Lipinski definition) is 0. The fourth-order valence-electron chi connectivity index (χ4n) is 5.95. The van der Waals surface area contributed by atoms with Crippen LogP contribution >= 0.6 is 0 Å². The molecule has 7 rings (SSSR count). The quantitative estimate of drug-likeness (QED) is 0.584. The summed E-state index contributed by atoms with van der Waals surface area (Å²) in [5, 5.41) is 0. The molecule has 1 fully saturated rings. The highest BCUT2D eigenvalue weighted by Crippen LogP contribution is 2.66. The van der Waals surface area contributed by atoms with Gasteiger partial charge in [-0.3, -0.25) is 14.5 Å². The Morgan fingerprint density at radius 3 is 2.15 bits per heavy atom. The second-order valence-corrected chi connectivity index (χ2v) is 7.78. The Morgan fingerprint density at radius 2 is 1.56 bits per heavy atom. The summed E-state index contributed by atoms with van der Waals surface area (Å²) >= 11 is 0. The number of carbonyl (C=O) groups excluding carboxylic acids is 2. The lowest BCUT2D eigenvalue weighted by Gasteiger charge is -2.54. The zero-order chi connectivity index (χ0) is 18.3. The highest BCUT2D eigenvalue weighted by Gasteiger charge is 2.68. The lowest BCUT2D eigenvalue weighted by atomic mass is 9.45. The second kappa shape index (κ2) is 4.76. The van der Waals surface area contributed by atoms with Gasteiger partial charge in [0.1, 0.15) is 0 Å². The monoisotopic (exact) mass is 351 g/mol. The first-order valence-electron chi connectivity index (χ1n) is 9.31. The van der Waals surface area contributed by atoms with Crippen molar-refractivity contribution in [2.24, 2.45) is 11.8 Å². The van der Waals surface area contributed by atoms with Crippen LogP contribution in [0.4, 0.5) is 0 Å². The third kappa shape index (κ3) is 1.48. The zero-order valence-electron chi connectivity index (χ0n) is 14.8. The van der Waals surface area contributed by atoms with Gasteiger partial charge in [-0.25, -0.2) is 0 Å². The van der Waals surface area contributed by atoms with E-state index in [9.17, 15) is 9.59 Å². The minimum atomic E-state index is -0.659. The fraction of sp³-hybridized carbons (Fsp3) is 0.208. The van der Waals surface area contributed by atoms with Crippen LogP contribution in [0.1, 0.15) is 28.2 Å². The number of rotatable bonds is 1. The molecule has 0 spiro atoms. The molecule has 4 aliphatic carbocycles. The number of allylic oxidation sites excluding steroid dienone is 3. The van der Waals surface area contributed by atoms with Gasteiger partial charge in [0.05, 0.1) is 17.3 Å². The molecule has 1 heterocycles. The van der Waals surface area contributed by atoms with Gasteiger partial charge in [-0.15, -0.1) is 5.73 Å². The Morgan fingerprint density at radius 1 is 0.926 bits per heavy atom. The van der Waals surface area contributed by atoms with Crippen molar-refractivity contribution in [3.8, 4) is 0 Å². The Bertz CT molecular complexity index is 1100. The Balaban J connectivity index is 1.83. The van der Waals surface area contributed by atoms with Gasteiger partial charge in [0.15, 0.2) is 0 Å². The van der Waals surface area contributed by atoms with E-state index in [-0.39, 0.29) is 23.7 Å². The third-order valence-electron chi connectivity index (χ3n) is 6.86. The maximum atomic E-state index is 13.4. The molecule has 0 saturated carbocycles. The van der Waals surface area contributed by atoms with Crippen molar-refractivity contribution in [1.82, 2.24) is 4.90 Å². The number of hydrogen-bond acceptors (Lipinski definition) is 2. The van der Waals surface area contributed by atoms with Gasteiger partial charge in [0, 0.05) is 18.5 Å². The number of nitrogens with zero attached hydrogens (tertiary/aromatic N) is 1. The van der Waals surface area contributed by atoms with Crippen LogP contribution in [0.2, 0.25) is 0 Å². The van der Waals surface area contributed by atoms with E-state index in [1.807, 2.05) is 42.5 Å². The highest BCUT2D eigenvalue weighted by molar-refractivity contribution is 6.08. The number of amides is 2. The fourth-order valence-corrected chi connectivity index (χ4v) is 5.95. The Labute approximate surface area is 157 Å². The third-order valence-corrected chi connectivity index (χ3v) is 6.86. The van der Waals surface area contributed by atoms with E-state index >= 15 is 0 Å². The highest BCUT2D eigenvalue weighted by atomic mass is 16.2. The van der Waals surface area contributed by atoms with Crippen molar-refractivity contribution in [2.45, 2.75) is 11.3 Å². The SMILES string of the molecule is CN1C(=O)C2C3c4ccccc4C(C4=C=CC=C4)(c4ccccc43)C2C1=O. The van der Waals surface area contributed by atoms with Gasteiger partial charge in [-0.2, -0.15) is 0 Å². The van der Waals surface area contributed by atoms with Gasteiger partial charge < -0.3 is 0 Å². The first-order valence-corrected chi connectivity index (χ1v) is 9.31. The minimum absolute atomic E-state index is 0.0602. The lowest BCUT2D eigenvalue weighted by Crippen LogP contribution is -2.54. The van der Waals surface area contributed by atoms with Crippen molar-refractivity contribution >= 4 is 11.8 Å². The first kappa shape index (κ1) is 15.0. The number of likely N-dealkylation sites (tertiary alicyclic amines) is 1. The molecule has 5 aliphatic rings. The normalized spacial score (nSPS) is 31.8. The summed E-state index contributed by atoms with van der Waals surface area (Å²) in [6, 6.07) is 16.6. The van der Waals surface area contributed by atoms with Gasteiger partial charge in [-0.1, -0.05) is 54.6 Å². The predicted octanol–water partition coefficient (Wildman–Crippen LogP) is 3.31. The average Bonchev–Trinajstić information content (AvgIpc) is 3.33. The molecule has 3 heteroatoms. The van der Waals surface area contributed by atoms with Crippen molar-refractivity contribution in [1.29, 1.82) is 0 Å². The maximum Gasteiger partial charge on any atom is 0.234 e. The minimum Gasteiger partial charge on any atom is -0.285 e. The van der Waals surface area contributed by atoms with E-state index in [1.165, 1.54) is 16.0 Å². The van der Waals surface area contributed by atoms with E-state index in [1.54, 1.807) is 7.05 Å². The van der Waals surface area contributed by atoms with Crippen molar-refractivity contribution in [2.75, 3.05) is 7.05 Å².